The topological polar surface area (TPSA) is 89.7 Å². The summed E-state index contributed by atoms with van der Waals surface area (Å²) in [7, 11) is 1.54. The maximum absolute atomic E-state index is 12.9. The Labute approximate surface area is 194 Å². The monoisotopic (exact) mass is 450 g/mol. The number of methoxy groups -OCH3 is 1. The molecule has 0 aliphatic rings. The van der Waals surface area contributed by atoms with Gasteiger partial charge in [0, 0.05) is 19.3 Å². The van der Waals surface area contributed by atoms with E-state index in [-0.39, 0.29) is 12.5 Å². The zero-order chi connectivity index (χ0) is 23.6. The van der Waals surface area contributed by atoms with E-state index in [9.17, 15) is 9.59 Å². The van der Waals surface area contributed by atoms with Gasteiger partial charge in [0.05, 0.1) is 25.4 Å². The molecule has 0 spiro atoms. The number of nitrogens with one attached hydrogen (secondary N) is 2. The second kappa shape index (κ2) is 12.0. The fraction of sp³-hybridized carbons (Fsp3) is 0.308. The molecule has 7 nitrogen and oxygen atoms in total. The number of hydrogen-bond donors (Lipinski definition) is 2. The van der Waals surface area contributed by atoms with Crippen LogP contribution < -0.4 is 5.32 Å². The van der Waals surface area contributed by atoms with E-state index in [1.807, 2.05) is 54.6 Å². The summed E-state index contributed by atoms with van der Waals surface area (Å²) in [5.41, 5.74) is 4.98. The van der Waals surface area contributed by atoms with Crippen molar-refractivity contribution in [1.82, 2.24) is 10.3 Å². The third-order valence-electron chi connectivity index (χ3n) is 5.32. The average molecular weight is 451 g/mol. The van der Waals surface area contributed by atoms with E-state index in [4.69, 9.17) is 14.2 Å². The molecule has 3 aromatic rings. The summed E-state index contributed by atoms with van der Waals surface area (Å²) in [6, 6.07) is 17.8. The van der Waals surface area contributed by atoms with E-state index < -0.39 is 5.97 Å². The fourth-order valence-electron chi connectivity index (χ4n) is 3.56. The van der Waals surface area contributed by atoms with Crippen molar-refractivity contribution in [3.8, 4) is 0 Å². The lowest BCUT2D eigenvalue weighted by Gasteiger charge is -2.11. The molecular formula is C26H30N2O5. The number of rotatable bonds is 11. The number of carbonyl (C=O) groups is 2. The van der Waals surface area contributed by atoms with Crippen molar-refractivity contribution in [1.29, 1.82) is 0 Å². The van der Waals surface area contributed by atoms with E-state index in [0.717, 1.165) is 16.7 Å². The maximum atomic E-state index is 12.9. The third-order valence-corrected chi connectivity index (χ3v) is 5.32. The molecule has 2 aromatic carbocycles. The van der Waals surface area contributed by atoms with Crippen molar-refractivity contribution >= 4 is 11.9 Å². The second-order valence-corrected chi connectivity index (χ2v) is 7.68. The standard InChI is InChI=1S/C26H30N2O5/c1-18-23(26(30)33-14-13-31-3)19(2)28-24(18)25(29)27-15-21-11-7-8-12-22(21)17-32-16-20-9-5-4-6-10-20/h4-12,28H,13-17H2,1-3H3,(H,27,29). The Morgan fingerprint density at radius 3 is 2.33 bits per heavy atom. The summed E-state index contributed by atoms with van der Waals surface area (Å²) in [5.74, 6) is -0.759. The third kappa shape index (κ3) is 6.54. The quantitative estimate of drug-likeness (QED) is 0.339. The first-order valence-electron chi connectivity index (χ1n) is 10.8. The molecule has 7 heteroatoms. The highest BCUT2D eigenvalue weighted by Crippen LogP contribution is 2.19. The number of esters is 1. The van der Waals surface area contributed by atoms with Crippen molar-refractivity contribution in [2.75, 3.05) is 20.3 Å². The van der Waals surface area contributed by atoms with Gasteiger partial charge in [0.1, 0.15) is 12.3 Å². The average Bonchev–Trinajstić information content (AvgIpc) is 3.13. The van der Waals surface area contributed by atoms with Gasteiger partial charge in [-0.05, 0) is 36.1 Å². The largest absolute Gasteiger partial charge is 0.460 e. The Morgan fingerprint density at radius 1 is 0.909 bits per heavy atom. The predicted octanol–water partition coefficient (Wildman–Crippen LogP) is 4.08. The van der Waals surface area contributed by atoms with Crippen molar-refractivity contribution in [2.45, 2.75) is 33.6 Å². The number of benzene rings is 2. The van der Waals surface area contributed by atoms with Crippen LogP contribution in [0.25, 0.3) is 0 Å². The molecular weight excluding hydrogens is 420 g/mol. The van der Waals surface area contributed by atoms with Crippen LogP contribution >= 0.6 is 0 Å². The molecule has 0 atom stereocenters. The van der Waals surface area contributed by atoms with Crippen molar-refractivity contribution in [2.24, 2.45) is 0 Å². The fourth-order valence-corrected chi connectivity index (χ4v) is 3.56. The molecule has 0 bridgehead atoms. The van der Waals surface area contributed by atoms with Crippen LogP contribution in [-0.2, 0) is 34.0 Å². The van der Waals surface area contributed by atoms with Gasteiger partial charge in [-0.1, -0.05) is 54.6 Å². The van der Waals surface area contributed by atoms with Crippen molar-refractivity contribution < 1.29 is 23.8 Å². The van der Waals surface area contributed by atoms with Crippen molar-refractivity contribution in [3.05, 3.63) is 93.8 Å². The van der Waals surface area contributed by atoms with Crippen LogP contribution in [0.2, 0.25) is 0 Å². The molecule has 174 valence electrons. The lowest BCUT2D eigenvalue weighted by molar-refractivity contribution is 0.0386. The molecule has 2 N–H and O–H groups in total. The Hall–Kier alpha value is -3.42. The highest BCUT2D eigenvalue weighted by atomic mass is 16.6. The van der Waals surface area contributed by atoms with Crippen LogP contribution in [0.4, 0.5) is 0 Å². The molecule has 33 heavy (non-hydrogen) atoms. The SMILES string of the molecule is COCCOC(=O)c1c(C)[nH]c(C(=O)NCc2ccccc2COCc2ccccc2)c1C. The molecule has 1 heterocycles. The number of amides is 1. The van der Waals surface area contributed by atoms with Crippen LogP contribution in [0.15, 0.2) is 54.6 Å². The van der Waals surface area contributed by atoms with E-state index in [0.29, 0.717) is 48.9 Å². The minimum Gasteiger partial charge on any atom is -0.460 e. The van der Waals surface area contributed by atoms with Crippen LogP contribution in [0.3, 0.4) is 0 Å². The minimum atomic E-state index is -0.474. The summed E-state index contributed by atoms with van der Waals surface area (Å²) in [4.78, 5) is 28.3. The predicted molar refractivity (Wildman–Crippen MR) is 125 cm³/mol. The molecule has 3 rings (SSSR count). The van der Waals surface area contributed by atoms with Gasteiger partial charge in [-0.15, -0.1) is 0 Å². The van der Waals surface area contributed by atoms with Gasteiger partial charge < -0.3 is 24.5 Å². The van der Waals surface area contributed by atoms with E-state index in [1.165, 1.54) is 7.11 Å². The molecule has 0 unspecified atom stereocenters. The number of aryl methyl sites for hydroxylation is 1. The number of H-pyrrole nitrogens is 1. The van der Waals surface area contributed by atoms with Gasteiger partial charge in [-0.2, -0.15) is 0 Å². The van der Waals surface area contributed by atoms with Gasteiger partial charge in [-0.3, -0.25) is 4.79 Å². The zero-order valence-electron chi connectivity index (χ0n) is 19.3. The number of hydrogen-bond acceptors (Lipinski definition) is 5. The molecule has 0 saturated carbocycles. The van der Waals surface area contributed by atoms with Gasteiger partial charge in [0.2, 0.25) is 0 Å². The number of carbonyl (C=O) groups excluding carboxylic acids is 2. The number of aromatic amines is 1. The summed E-state index contributed by atoms with van der Waals surface area (Å²) in [6.07, 6.45) is 0. The number of ether oxygens (including phenoxy) is 3. The first kappa shape index (κ1) is 24.2. The molecule has 1 aromatic heterocycles. The van der Waals surface area contributed by atoms with Crippen LogP contribution in [-0.4, -0.2) is 37.2 Å². The molecule has 0 aliphatic carbocycles. The Kier molecular flexibility index (Phi) is 8.80. The highest BCUT2D eigenvalue weighted by Gasteiger charge is 2.23. The van der Waals surface area contributed by atoms with E-state index in [2.05, 4.69) is 10.3 Å². The highest BCUT2D eigenvalue weighted by molar-refractivity contribution is 6.00. The zero-order valence-corrected chi connectivity index (χ0v) is 19.3. The maximum Gasteiger partial charge on any atom is 0.340 e. The molecule has 0 aliphatic heterocycles. The Balaban J connectivity index is 1.61. The van der Waals surface area contributed by atoms with Gasteiger partial charge in [-0.25, -0.2) is 4.79 Å². The summed E-state index contributed by atoms with van der Waals surface area (Å²) in [6.45, 7) is 5.26. The Bertz CT molecular complexity index is 1080. The van der Waals surface area contributed by atoms with Gasteiger partial charge in [0.25, 0.3) is 5.91 Å². The number of aromatic nitrogens is 1. The van der Waals surface area contributed by atoms with Crippen molar-refractivity contribution in [3.63, 3.8) is 0 Å². The second-order valence-electron chi connectivity index (χ2n) is 7.68. The summed E-state index contributed by atoms with van der Waals surface area (Å²) < 4.78 is 16.0. The first-order valence-corrected chi connectivity index (χ1v) is 10.8. The molecule has 0 fully saturated rings. The van der Waals surface area contributed by atoms with Crippen LogP contribution in [0, 0.1) is 13.8 Å². The normalized spacial score (nSPS) is 10.8. The first-order chi connectivity index (χ1) is 16.0. The lowest BCUT2D eigenvalue weighted by atomic mass is 10.1. The van der Waals surface area contributed by atoms with E-state index in [1.54, 1.807) is 13.8 Å². The minimum absolute atomic E-state index is 0.157. The summed E-state index contributed by atoms with van der Waals surface area (Å²) in [5, 5.41) is 2.94. The lowest BCUT2D eigenvalue weighted by Crippen LogP contribution is -2.24. The van der Waals surface area contributed by atoms with Crippen LogP contribution in [0.5, 0.6) is 0 Å². The molecule has 0 radical (unpaired) electrons. The molecule has 0 saturated heterocycles. The van der Waals surface area contributed by atoms with Crippen LogP contribution in [0.1, 0.15) is 48.8 Å². The van der Waals surface area contributed by atoms with E-state index >= 15 is 0 Å². The van der Waals surface area contributed by atoms with Gasteiger partial charge in [0.15, 0.2) is 0 Å². The molecule has 1 amide bonds. The van der Waals surface area contributed by atoms with Gasteiger partial charge >= 0.3 is 5.97 Å². The Morgan fingerprint density at radius 2 is 1.61 bits per heavy atom. The summed E-state index contributed by atoms with van der Waals surface area (Å²) >= 11 is 0. The smallest absolute Gasteiger partial charge is 0.340 e.